The summed E-state index contributed by atoms with van der Waals surface area (Å²) in [5.41, 5.74) is 3.17. The zero-order valence-electron chi connectivity index (χ0n) is 16.2. The van der Waals surface area contributed by atoms with Crippen LogP contribution in [0.1, 0.15) is 27.0 Å². The Morgan fingerprint density at radius 3 is 2.24 bits per heavy atom. The first-order valence-corrected chi connectivity index (χ1v) is 9.07. The van der Waals surface area contributed by atoms with Gasteiger partial charge in [0.05, 0.1) is 20.8 Å². The van der Waals surface area contributed by atoms with Crippen LogP contribution in [0.5, 0.6) is 11.5 Å². The van der Waals surface area contributed by atoms with Crippen LogP contribution in [-0.2, 0) is 24.3 Å². The molecule has 0 aromatic heterocycles. The maximum absolute atomic E-state index is 12.8. The number of rotatable bonds is 6. The number of carbonyl (C=O) groups is 1. The highest BCUT2D eigenvalue weighted by atomic mass is 19.4. The summed E-state index contributed by atoms with van der Waals surface area (Å²) in [5.74, 6) is 1.14. The maximum Gasteiger partial charge on any atom is 0.411 e. The predicted molar refractivity (Wildman–Crippen MR) is 100 cm³/mol. The lowest BCUT2D eigenvalue weighted by Gasteiger charge is -2.29. The predicted octanol–water partition coefficient (Wildman–Crippen LogP) is 3.98. The quantitative estimate of drug-likeness (QED) is 0.724. The molecule has 1 heterocycles. The molecular weight excluding hydrogens is 387 g/mol. The number of benzene rings is 2. The second-order valence-electron chi connectivity index (χ2n) is 6.76. The van der Waals surface area contributed by atoms with Gasteiger partial charge in [0.25, 0.3) is 5.91 Å². The highest BCUT2D eigenvalue weighted by Gasteiger charge is 2.27. The number of hydrogen-bond acceptors (Lipinski definition) is 4. The van der Waals surface area contributed by atoms with Gasteiger partial charge in [0.1, 0.15) is 6.61 Å². The molecule has 0 saturated carbocycles. The van der Waals surface area contributed by atoms with Crippen molar-refractivity contribution in [2.75, 3.05) is 27.4 Å². The summed E-state index contributed by atoms with van der Waals surface area (Å²) < 4.78 is 51.7. The van der Waals surface area contributed by atoms with Crippen molar-refractivity contribution in [3.05, 3.63) is 58.7 Å². The lowest BCUT2D eigenvalue weighted by atomic mass is 9.98. The zero-order valence-corrected chi connectivity index (χ0v) is 16.2. The minimum absolute atomic E-state index is 0.131. The number of fused-ring (bicyclic) bond motifs is 1. The van der Waals surface area contributed by atoms with Crippen LogP contribution in [0.15, 0.2) is 36.4 Å². The van der Waals surface area contributed by atoms with Gasteiger partial charge in [-0.05, 0) is 47.4 Å². The minimum atomic E-state index is -4.35. The fraction of sp³-hybridized carbons (Fsp3) is 0.381. The Morgan fingerprint density at radius 1 is 1.03 bits per heavy atom. The molecular formula is C21H22F3NO4. The summed E-state index contributed by atoms with van der Waals surface area (Å²) in [6, 6.07) is 10.3. The summed E-state index contributed by atoms with van der Waals surface area (Å²) in [7, 11) is 3.15. The van der Waals surface area contributed by atoms with Gasteiger partial charge in [-0.25, -0.2) is 0 Å². The van der Waals surface area contributed by atoms with E-state index in [9.17, 15) is 18.0 Å². The van der Waals surface area contributed by atoms with E-state index in [2.05, 4.69) is 4.74 Å². The monoisotopic (exact) mass is 409 g/mol. The second-order valence-corrected chi connectivity index (χ2v) is 6.76. The summed E-state index contributed by atoms with van der Waals surface area (Å²) >= 11 is 0. The Morgan fingerprint density at radius 2 is 1.66 bits per heavy atom. The molecule has 3 rings (SSSR count). The Bertz CT molecular complexity index is 865. The van der Waals surface area contributed by atoms with Crippen molar-refractivity contribution in [1.29, 1.82) is 0 Å². The fourth-order valence-corrected chi connectivity index (χ4v) is 3.27. The van der Waals surface area contributed by atoms with E-state index in [4.69, 9.17) is 9.47 Å². The van der Waals surface area contributed by atoms with Gasteiger partial charge in [0, 0.05) is 18.7 Å². The summed E-state index contributed by atoms with van der Waals surface area (Å²) in [6.07, 6.45) is -3.65. The molecule has 0 unspecified atom stereocenters. The molecule has 0 saturated heterocycles. The number of ether oxygens (including phenoxy) is 3. The zero-order chi connectivity index (χ0) is 21.0. The van der Waals surface area contributed by atoms with E-state index < -0.39 is 12.8 Å². The highest BCUT2D eigenvalue weighted by Crippen LogP contribution is 2.33. The van der Waals surface area contributed by atoms with Gasteiger partial charge in [-0.2, -0.15) is 13.2 Å². The van der Waals surface area contributed by atoms with Crippen LogP contribution in [-0.4, -0.2) is 44.4 Å². The average molecular weight is 409 g/mol. The molecule has 2 aromatic carbocycles. The van der Waals surface area contributed by atoms with E-state index in [0.29, 0.717) is 42.1 Å². The lowest BCUT2D eigenvalue weighted by molar-refractivity contribution is -0.176. The van der Waals surface area contributed by atoms with E-state index in [1.165, 1.54) is 0 Å². The van der Waals surface area contributed by atoms with Crippen LogP contribution in [0, 0.1) is 0 Å². The van der Waals surface area contributed by atoms with Crippen LogP contribution in [0.4, 0.5) is 13.2 Å². The third-order valence-electron chi connectivity index (χ3n) is 4.74. The number of nitrogens with zero attached hydrogens (tertiary/aromatic N) is 1. The molecule has 1 aliphatic heterocycles. The van der Waals surface area contributed by atoms with Crippen molar-refractivity contribution in [2.45, 2.75) is 25.7 Å². The molecule has 29 heavy (non-hydrogen) atoms. The van der Waals surface area contributed by atoms with E-state index in [1.807, 2.05) is 12.1 Å². The van der Waals surface area contributed by atoms with Crippen LogP contribution >= 0.6 is 0 Å². The molecule has 1 aliphatic rings. The van der Waals surface area contributed by atoms with Gasteiger partial charge in [-0.15, -0.1) is 0 Å². The van der Waals surface area contributed by atoms with Crippen molar-refractivity contribution >= 4 is 5.91 Å². The van der Waals surface area contributed by atoms with Gasteiger partial charge in [-0.3, -0.25) is 4.79 Å². The highest BCUT2D eigenvalue weighted by molar-refractivity contribution is 5.94. The fourth-order valence-electron chi connectivity index (χ4n) is 3.27. The molecule has 0 radical (unpaired) electrons. The molecule has 5 nitrogen and oxygen atoms in total. The number of methoxy groups -OCH3 is 2. The number of carbonyl (C=O) groups excluding carboxylic acids is 1. The smallest absolute Gasteiger partial charge is 0.411 e. The van der Waals surface area contributed by atoms with Gasteiger partial charge < -0.3 is 19.1 Å². The first-order valence-electron chi connectivity index (χ1n) is 9.07. The number of amides is 1. The Hall–Kier alpha value is -2.74. The molecule has 0 fully saturated rings. The van der Waals surface area contributed by atoms with Crippen LogP contribution in [0.2, 0.25) is 0 Å². The third kappa shape index (κ3) is 5.20. The van der Waals surface area contributed by atoms with Crippen LogP contribution < -0.4 is 9.47 Å². The van der Waals surface area contributed by atoms with Crippen molar-refractivity contribution < 1.29 is 32.2 Å². The summed E-state index contributed by atoms with van der Waals surface area (Å²) in [6.45, 7) is -0.440. The second kappa shape index (κ2) is 8.73. The van der Waals surface area contributed by atoms with Crippen molar-refractivity contribution in [3.8, 4) is 11.5 Å². The van der Waals surface area contributed by atoms with E-state index in [-0.39, 0.29) is 12.5 Å². The normalized spacial score (nSPS) is 13.8. The number of hydrogen-bond donors (Lipinski definition) is 0. The number of halogens is 3. The van der Waals surface area contributed by atoms with E-state index in [0.717, 1.165) is 11.1 Å². The summed E-state index contributed by atoms with van der Waals surface area (Å²) in [4.78, 5) is 14.6. The minimum Gasteiger partial charge on any atom is -0.493 e. The van der Waals surface area contributed by atoms with E-state index >= 15 is 0 Å². The Balaban J connectivity index is 1.65. The van der Waals surface area contributed by atoms with Crippen LogP contribution in [0.25, 0.3) is 0 Å². The Kier molecular flexibility index (Phi) is 6.32. The lowest BCUT2D eigenvalue weighted by Crippen LogP contribution is -2.36. The van der Waals surface area contributed by atoms with Gasteiger partial charge in [0.15, 0.2) is 11.5 Å². The van der Waals surface area contributed by atoms with Crippen molar-refractivity contribution in [1.82, 2.24) is 4.90 Å². The molecule has 0 bridgehead atoms. The van der Waals surface area contributed by atoms with Gasteiger partial charge in [0.2, 0.25) is 0 Å². The molecule has 0 aliphatic carbocycles. The van der Waals surface area contributed by atoms with Crippen LogP contribution in [0.3, 0.4) is 0 Å². The van der Waals surface area contributed by atoms with Gasteiger partial charge >= 0.3 is 6.18 Å². The molecule has 1 amide bonds. The molecule has 0 atom stereocenters. The molecule has 8 heteroatoms. The average Bonchev–Trinajstić information content (AvgIpc) is 2.71. The van der Waals surface area contributed by atoms with Crippen molar-refractivity contribution in [2.24, 2.45) is 0 Å². The first-order chi connectivity index (χ1) is 13.8. The SMILES string of the molecule is COc1cc2c(cc1OC)CN(C(=O)c1ccc(COCC(F)(F)F)cc1)CC2. The van der Waals surface area contributed by atoms with Gasteiger partial charge in [-0.1, -0.05) is 12.1 Å². The topological polar surface area (TPSA) is 48.0 Å². The first kappa shape index (κ1) is 21.0. The van der Waals surface area contributed by atoms with Crippen molar-refractivity contribution in [3.63, 3.8) is 0 Å². The molecule has 2 aromatic rings. The molecule has 0 spiro atoms. The standard InChI is InChI=1S/C21H22F3NO4/c1-27-18-9-16-7-8-25(11-17(16)10-19(18)28-2)20(26)15-5-3-14(4-6-15)12-29-13-21(22,23)24/h3-6,9-10H,7-8,11-13H2,1-2H3. The molecule has 156 valence electrons. The number of alkyl halides is 3. The third-order valence-corrected chi connectivity index (χ3v) is 4.74. The van der Waals surface area contributed by atoms with E-state index in [1.54, 1.807) is 43.4 Å². The largest absolute Gasteiger partial charge is 0.493 e. The Labute approximate surface area is 167 Å². The molecule has 0 N–H and O–H groups in total. The summed E-state index contributed by atoms with van der Waals surface area (Å²) in [5, 5.41) is 0. The maximum atomic E-state index is 12.8.